The maximum Gasteiger partial charge on any atom is 0.255 e. The van der Waals surface area contributed by atoms with Crippen molar-refractivity contribution in [3.63, 3.8) is 0 Å². The number of rotatable bonds is 1. The number of pyridine rings is 1. The summed E-state index contributed by atoms with van der Waals surface area (Å²) in [4.78, 5) is 18.5. The molecule has 1 atom stereocenters. The van der Waals surface area contributed by atoms with Gasteiger partial charge in [-0.1, -0.05) is 13.8 Å². The monoisotopic (exact) mass is 319 g/mol. The number of piperidine rings is 1. The van der Waals surface area contributed by atoms with Gasteiger partial charge in [-0.2, -0.15) is 0 Å². The lowest BCUT2D eigenvalue weighted by Gasteiger charge is -2.42. The van der Waals surface area contributed by atoms with Gasteiger partial charge in [-0.3, -0.25) is 9.78 Å². The van der Waals surface area contributed by atoms with Crippen molar-refractivity contribution in [3.05, 3.63) is 29.6 Å². The molecular weight excluding hydrogens is 297 g/mol. The van der Waals surface area contributed by atoms with E-state index in [9.17, 15) is 4.79 Å². The lowest BCUT2D eigenvalue weighted by Crippen LogP contribution is -2.54. The van der Waals surface area contributed by atoms with Crippen LogP contribution in [0, 0.1) is 12.3 Å². The Kier molecular flexibility index (Phi) is 6.94. The highest BCUT2D eigenvalue weighted by molar-refractivity contribution is 5.95. The fraction of sp³-hybridized carbons (Fsp3) is 0.571. The molecule has 1 aliphatic heterocycles. The van der Waals surface area contributed by atoms with Crippen LogP contribution < -0.4 is 5.73 Å². The van der Waals surface area contributed by atoms with Gasteiger partial charge < -0.3 is 10.6 Å². The summed E-state index contributed by atoms with van der Waals surface area (Å²) in [5, 5.41) is 0. The lowest BCUT2D eigenvalue weighted by atomic mass is 9.79. The van der Waals surface area contributed by atoms with Gasteiger partial charge in [-0.15, -0.1) is 24.8 Å². The van der Waals surface area contributed by atoms with Crippen LogP contribution in [-0.2, 0) is 0 Å². The predicted molar refractivity (Wildman–Crippen MR) is 85.7 cm³/mol. The Morgan fingerprint density at radius 1 is 1.45 bits per heavy atom. The maximum absolute atomic E-state index is 12.5. The summed E-state index contributed by atoms with van der Waals surface area (Å²) in [6.07, 6.45) is 2.57. The number of aromatic nitrogens is 1. The lowest BCUT2D eigenvalue weighted by molar-refractivity contribution is 0.0532. The second kappa shape index (κ2) is 7.25. The molecule has 2 rings (SSSR count). The fourth-order valence-electron chi connectivity index (χ4n) is 2.43. The van der Waals surface area contributed by atoms with Crippen molar-refractivity contribution < 1.29 is 4.79 Å². The van der Waals surface area contributed by atoms with E-state index in [0.717, 1.165) is 18.7 Å². The zero-order valence-electron chi connectivity index (χ0n) is 12.1. The summed E-state index contributed by atoms with van der Waals surface area (Å²) in [5.74, 6) is 0.0700. The average molecular weight is 320 g/mol. The van der Waals surface area contributed by atoms with E-state index in [1.807, 2.05) is 17.9 Å². The quantitative estimate of drug-likeness (QED) is 0.864. The molecule has 0 saturated carbocycles. The van der Waals surface area contributed by atoms with Crippen LogP contribution in [0.25, 0.3) is 0 Å². The van der Waals surface area contributed by atoms with Crippen LogP contribution >= 0.6 is 24.8 Å². The fourth-order valence-corrected chi connectivity index (χ4v) is 2.43. The summed E-state index contributed by atoms with van der Waals surface area (Å²) in [6, 6.07) is 3.81. The normalized spacial score (nSPS) is 20.6. The minimum absolute atomic E-state index is 0. The molecule has 0 bridgehead atoms. The molecule has 4 nitrogen and oxygen atoms in total. The Morgan fingerprint density at radius 3 is 2.65 bits per heavy atom. The van der Waals surface area contributed by atoms with Crippen LogP contribution in [0.15, 0.2) is 18.3 Å². The molecule has 2 N–H and O–H groups in total. The molecule has 20 heavy (non-hydrogen) atoms. The van der Waals surface area contributed by atoms with E-state index in [2.05, 4.69) is 18.8 Å². The third-order valence-corrected chi connectivity index (χ3v) is 3.84. The summed E-state index contributed by atoms with van der Waals surface area (Å²) < 4.78 is 0. The van der Waals surface area contributed by atoms with Crippen LogP contribution in [0.2, 0.25) is 0 Å². The van der Waals surface area contributed by atoms with Crippen LogP contribution in [-0.4, -0.2) is 34.9 Å². The first-order valence-electron chi connectivity index (χ1n) is 6.38. The number of hydrogen-bond donors (Lipinski definition) is 1. The number of aryl methyl sites for hydroxylation is 1. The molecular formula is C14H23Cl2N3O. The molecule has 2 heterocycles. The number of amides is 1. The van der Waals surface area contributed by atoms with Gasteiger partial charge >= 0.3 is 0 Å². The van der Waals surface area contributed by atoms with Crippen molar-refractivity contribution in [1.82, 2.24) is 9.88 Å². The molecule has 114 valence electrons. The highest BCUT2D eigenvalue weighted by Crippen LogP contribution is 2.28. The predicted octanol–water partition coefficient (Wildman–Crippen LogP) is 2.43. The number of nitrogens with zero attached hydrogens (tertiary/aromatic N) is 2. The number of carbonyl (C=O) groups excluding carboxylic acids is 1. The Balaban J connectivity index is 0.00000180. The van der Waals surface area contributed by atoms with Crippen molar-refractivity contribution in [1.29, 1.82) is 0 Å². The molecule has 0 aromatic carbocycles. The number of halogens is 2. The topological polar surface area (TPSA) is 59.2 Å². The summed E-state index contributed by atoms with van der Waals surface area (Å²) >= 11 is 0. The molecule has 1 aliphatic rings. The number of likely N-dealkylation sites (tertiary alicyclic amines) is 1. The average Bonchev–Trinajstić information content (AvgIpc) is 2.32. The van der Waals surface area contributed by atoms with E-state index in [1.165, 1.54) is 0 Å². The van der Waals surface area contributed by atoms with E-state index >= 15 is 0 Å². The Morgan fingerprint density at radius 2 is 2.10 bits per heavy atom. The molecule has 0 radical (unpaired) electrons. The van der Waals surface area contributed by atoms with Crippen molar-refractivity contribution in [2.45, 2.75) is 33.2 Å². The van der Waals surface area contributed by atoms with E-state index in [1.54, 1.807) is 12.3 Å². The summed E-state index contributed by atoms with van der Waals surface area (Å²) in [7, 11) is 0. The van der Waals surface area contributed by atoms with Gasteiger partial charge in [0.05, 0.1) is 5.56 Å². The van der Waals surface area contributed by atoms with Crippen LogP contribution in [0.1, 0.15) is 36.3 Å². The molecule has 1 aromatic heterocycles. The minimum Gasteiger partial charge on any atom is -0.338 e. The van der Waals surface area contributed by atoms with Gasteiger partial charge in [0.2, 0.25) is 0 Å². The van der Waals surface area contributed by atoms with Crippen LogP contribution in [0.5, 0.6) is 0 Å². The molecule has 1 saturated heterocycles. The molecule has 1 amide bonds. The van der Waals surface area contributed by atoms with E-state index in [0.29, 0.717) is 12.1 Å². The molecule has 6 heteroatoms. The third-order valence-electron chi connectivity index (χ3n) is 3.84. The molecule has 0 aliphatic carbocycles. The SMILES string of the molecule is Cc1ncccc1C(=O)N1CCC(N)C(C)(C)C1.Cl.Cl. The van der Waals surface area contributed by atoms with Gasteiger partial charge in [0.1, 0.15) is 0 Å². The number of carbonyl (C=O) groups is 1. The Hall–Kier alpha value is -0.840. The first-order valence-corrected chi connectivity index (χ1v) is 6.38. The first-order chi connectivity index (χ1) is 8.42. The number of hydrogen-bond acceptors (Lipinski definition) is 3. The smallest absolute Gasteiger partial charge is 0.255 e. The van der Waals surface area contributed by atoms with E-state index < -0.39 is 0 Å². The van der Waals surface area contributed by atoms with Gasteiger partial charge in [0.15, 0.2) is 0 Å². The molecule has 1 aromatic rings. The largest absolute Gasteiger partial charge is 0.338 e. The standard InChI is InChI=1S/C14H21N3O.2ClH/c1-10-11(5-4-7-16-10)13(18)17-8-6-12(15)14(2,3)9-17;;/h4-5,7,12H,6,8-9,15H2,1-3H3;2*1H. The maximum atomic E-state index is 12.5. The van der Waals surface area contributed by atoms with Gasteiger partial charge in [0.25, 0.3) is 5.91 Å². The highest BCUT2D eigenvalue weighted by atomic mass is 35.5. The zero-order chi connectivity index (χ0) is 13.3. The Labute approximate surface area is 132 Å². The summed E-state index contributed by atoms with van der Waals surface area (Å²) in [6.45, 7) is 7.55. The van der Waals surface area contributed by atoms with Crippen LogP contribution in [0.4, 0.5) is 0 Å². The highest BCUT2D eigenvalue weighted by Gasteiger charge is 2.35. The third kappa shape index (κ3) is 3.84. The summed E-state index contributed by atoms with van der Waals surface area (Å²) in [5.41, 5.74) is 7.55. The van der Waals surface area contributed by atoms with E-state index in [-0.39, 0.29) is 42.2 Å². The molecule has 0 spiro atoms. The second-order valence-corrected chi connectivity index (χ2v) is 5.75. The minimum atomic E-state index is -0.0238. The molecule has 1 unspecified atom stereocenters. The molecule has 1 fully saturated rings. The van der Waals surface area contributed by atoms with Gasteiger partial charge in [-0.05, 0) is 30.9 Å². The van der Waals surface area contributed by atoms with Gasteiger partial charge in [0, 0.05) is 31.0 Å². The van der Waals surface area contributed by atoms with Crippen molar-refractivity contribution in [3.8, 4) is 0 Å². The van der Waals surface area contributed by atoms with E-state index in [4.69, 9.17) is 5.73 Å². The number of nitrogens with two attached hydrogens (primary N) is 1. The van der Waals surface area contributed by atoms with Crippen molar-refractivity contribution in [2.75, 3.05) is 13.1 Å². The van der Waals surface area contributed by atoms with Gasteiger partial charge in [-0.25, -0.2) is 0 Å². The van der Waals surface area contributed by atoms with Crippen molar-refractivity contribution in [2.24, 2.45) is 11.1 Å². The first kappa shape index (κ1) is 19.2. The van der Waals surface area contributed by atoms with Crippen LogP contribution in [0.3, 0.4) is 0 Å². The zero-order valence-corrected chi connectivity index (χ0v) is 13.8. The Bertz CT molecular complexity index is 465. The second-order valence-electron chi connectivity index (χ2n) is 5.75. The van der Waals surface area contributed by atoms with Crippen molar-refractivity contribution >= 4 is 30.7 Å².